The fourth-order valence-electron chi connectivity index (χ4n) is 2.63. The summed E-state index contributed by atoms with van der Waals surface area (Å²) in [5, 5.41) is 8.00. The van der Waals surface area contributed by atoms with E-state index in [0.717, 1.165) is 28.4 Å². The molecule has 2 aromatic carbocycles. The fraction of sp³-hybridized carbons (Fsp3) is 0.100. The Morgan fingerprint density at radius 1 is 1.04 bits per heavy atom. The van der Waals surface area contributed by atoms with E-state index in [9.17, 15) is 0 Å². The second-order valence-corrected chi connectivity index (χ2v) is 7.36. The van der Waals surface area contributed by atoms with Gasteiger partial charge in [-0.15, -0.1) is 11.3 Å². The summed E-state index contributed by atoms with van der Waals surface area (Å²) in [7, 11) is 0. The highest BCUT2D eigenvalue weighted by Crippen LogP contribution is 2.24. The Bertz CT molecular complexity index is 974. The van der Waals surface area contributed by atoms with Gasteiger partial charge in [-0.25, -0.2) is 4.98 Å². The average Bonchev–Trinajstić information content (AvgIpc) is 3.30. The van der Waals surface area contributed by atoms with E-state index in [0.29, 0.717) is 11.7 Å². The third-order valence-electron chi connectivity index (χ3n) is 3.91. The van der Waals surface area contributed by atoms with Crippen molar-refractivity contribution < 1.29 is 4.42 Å². The Balaban J connectivity index is 1.34. The number of hydrogen-bond acceptors (Lipinski definition) is 4. The molecule has 4 aromatic rings. The van der Waals surface area contributed by atoms with Crippen LogP contribution in [0.3, 0.4) is 0 Å². The Morgan fingerprint density at radius 2 is 1.88 bits per heavy atom. The SMILES string of the molecule is S=C(NCc1ccco1)Nc1ccc(Cc2nc3ccccc3s2)cc1. The number of rotatable bonds is 5. The lowest BCUT2D eigenvalue weighted by molar-refractivity contribution is 0.503. The highest BCUT2D eigenvalue weighted by molar-refractivity contribution is 7.80. The molecule has 0 fully saturated rings. The van der Waals surface area contributed by atoms with Crippen LogP contribution < -0.4 is 10.6 Å². The maximum atomic E-state index is 5.31. The van der Waals surface area contributed by atoms with Crippen LogP contribution in [-0.2, 0) is 13.0 Å². The molecule has 2 N–H and O–H groups in total. The maximum Gasteiger partial charge on any atom is 0.171 e. The molecule has 0 saturated carbocycles. The zero-order valence-electron chi connectivity index (χ0n) is 13.9. The van der Waals surface area contributed by atoms with Crippen LogP contribution in [0.25, 0.3) is 10.2 Å². The second-order valence-electron chi connectivity index (χ2n) is 5.84. The lowest BCUT2D eigenvalue weighted by atomic mass is 10.1. The second kappa shape index (κ2) is 7.68. The average molecular weight is 380 g/mol. The maximum absolute atomic E-state index is 5.31. The first kappa shape index (κ1) is 16.8. The molecule has 0 spiro atoms. The molecule has 0 saturated heterocycles. The van der Waals surface area contributed by atoms with Crippen molar-refractivity contribution in [1.29, 1.82) is 0 Å². The van der Waals surface area contributed by atoms with E-state index in [1.165, 1.54) is 10.3 Å². The van der Waals surface area contributed by atoms with Gasteiger partial charge in [-0.2, -0.15) is 0 Å². The molecular weight excluding hydrogens is 362 g/mol. The summed E-state index contributed by atoms with van der Waals surface area (Å²) < 4.78 is 6.50. The molecule has 0 atom stereocenters. The number of furan rings is 1. The van der Waals surface area contributed by atoms with Gasteiger partial charge in [0.25, 0.3) is 0 Å². The molecule has 0 bridgehead atoms. The van der Waals surface area contributed by atoms with Crippen LogP contribution >= 0.6 is 23.6 Å². The van der Waals surface area contributed by atoms with Gasteiger partial charge in [0.15, 0.2) is 5.11 Å². The first-order chi connectivity index (χ1) is 12.8. The van der Waals surface area contributed by atoms with Gasteiger partial charge >= 0.3 is 0 Å². The molecule has 0 aliphatic rings. The smallest absolute Gasteiger partial charge is 0.171 e. The van der Waals surface area contributed by atoms with Crippen LogP contribution in [0.15, 0.2) is 71.3 Å². The van der Waals surface area contributed by atoms with Crippen LogP contribution in [0.2, 0.25) is 0 Å². The number of fused-ring (bicyclic) bond motifs is 1. The Labute approximate surface area is 160 Å². The van der Waals surface area contributed by atoms with E-state index in [1.807, 2.05) is 36.4 Å². The predicted octanol–water partition coefficient (Wildman–Crippen LogP) is 4.97. The van der Waals surface area contributed by atoms with Crippen molar-refractivity contribution in [3.8, 4) is 0 Å². The van der Waals surface area contributed by atoms with Crippen molar-refractivity contribution in [2.45, 2.75) is 13.0 Å². The number of aromatic nitrogens is 1. The van der Waals surface area contributed by atoms with Crippen molar-refractivity contribution >= 4 is 44.6 Å². The molecule has 26 heavy (non-hydrogen) atoms. The number of benzene rings is 2. The highest BCUT2D eigenvalue weighted by Gasteiger charge is 2.05. The van der Waals surface area contributed by atoms with E-state index >= 15 is 0 Å². The fourth-order valence-corrected chi connectivity index (χ4v) is 3.82. The summed E-state index contributed by atoms with van der Waals surface area (Å²) in [6, 6.07) is 20.3. The molecule has 4 nitrogen and oxygen atoms in total. The first-order valence-electron chi connectivity index (χ1n) is 8.27. The summed E-state index contributed by atoms with van der Waals surface area (Å²) in [4.78, 5) is 4.69. The van der Waals surface area contributed by atoms with Gasteiger partial charge in [-0.1, -0.05) is 24.3 Å². The van der Waals surface area contributed by atoms with Gasteiger partial charge < -0.3 is 15.1 Å². The standard InChI is InChI=1S/C20H17N3OS2/c25-20(21-13-16-4-3-11-24-16)22-15-9-7-14(8-10-15)12-19-23-17-5-1-2-6-18(17)26-19/h1-11H,12-13H2,(H2,21,22,25). The molecule has 2 aromatic heterocycles. The highest BCUT2D eigenvalue weighted by atomic mass is 32.1. The van der Waals surface area contributed by atoms with Gasteiger partial charge in [0.1, 0.15) is 5.76 Å². The molecule has 0 aliphatic carbocycles. The molecule has 4 rings (SSSR count). The molecule has 0 aliphatic heterocycles. The minimum absolute atomic E-state index is 0.564. The van der Waals surface area contributed by atoms with E-state index in [-0.39, 0.29) is 0 Å². The number of anilines is 1. The molecule has 0 radical (unpaired) electrons. The number of nitrogens with one attached hydrogen (secondary N) is 2. The Kier molecular flexibility index (Phi) is 4.95. The zero-order valence-corrected chi connectivity index (χ0v) is 15.6. The minimum atomic E-state index is 0.564. The molecule has 0 unspecified atom stereocenters. The molecule has 6 heteroatoms. The summed E-state index contributed by atoms with van der Waals surface area (Å²) in [5.41, 5.74) is 3.25. The summed E-state index contributed by atoms with van der Waals surface area (Å²) in [5.74, 6) is 0.848. The van der Waals surface area contributed by atoms with Crippen LogP contribution in [0, 0.1) is 0 Å². The lowest BCUT2D eigenvalue weighted by Crippen LogP contribution is -2.27. The van der Waals surface area contributed by atoms with Gasteiger partial charge in [0.05, 0.1) is 28.0 Å². The Morgan fingerprint density at radius 3 is 2.65 bits per heavy atom. The quantitative estimate of drug-likeness (QED) is 0.480. The molecular formula is C20H17N3OS2. The monoisotopic (exact) mass is 379 g/mol. The van der Waals surface area contributed by atoms with E-state index in [2.05, 4.69) is 34.9 Å². The number of thiazole rings is 1. The number of nitrogens with zero attached hydrogens (tertiary/aromatic N) is 1. The molecule has 2 heterocycles. The van der Waals surface area contributed by atoms with Crippen molar-refractivity contribution in [1.82, 2.24) is 10.3 Å². The van der Waals surface area contributed by atoms with Gasteiger partial charge in [-0.05, 0) is 54.2 Å². The van der Waals surface area contributed by atoms with Crippen LogP contribution in [0.4, 0.5) is 5.69 Å². The summed E-state index contributed by atoms with van der Waals surface area (Å²) in [6.45, 7) is 0.564. The van der Waals surface area contributed by atoms with Crippen LogP contribution in [0.1, 0.15) is 16.3 Å². The van der Waals surface area contributed by atoms with Crippen molar-refractivity contribution in [3.63, 3.8) is 0 Å². The number of hydrogen-bond donors (Lipinski definition) is 2. The van der Waals surface area contributed by atoms with Crippen molar-refractivity contribution in [2.24, 2.45) is 0 Å². The number of para-hydroxylation sites is 1. The largest absolute Gasteiger partial charge is 0.467 e. The molecule has 130 valence electrons. The lowest BCUT2D eigenvalue weighted by Gasteiger charge is -2.10. The first-order valence-corrected chi connectivity index (χ1v) is 9.49. The van der Waals surface area contributed by atoms with Gasteiger partial charge in [0.2, 0.25) is 0 Å². The topological polar surface area (TPSA) is 50.1 Å². The molecule has 0 amide bonds. The Hall–Kier alpha value is -2.70. The van der Waals surface area contributed by atoms with E-state index in [4.69, 9.17) is 21.6 Å². The zero-order chi connectivity index (χ0) is 17.8. The third-order valence-corrected chi connectivity index (χ3v) is 5.19. The van der Waals surface area contributed by atoms with Crippen molar-refractivity contribution in [3.05, 3.63) is 83.3 Å². The number of thiocarbonyl (C=S) groups is 1. The minimum Gasteiger partial charge on any atom is -0.467 e. The normalized spacial score (nSPS) is 10.8. The predicted molar refractivity (Wildman–Crippen MR) is 111 cm³/mol. The van der Waals surface area contributed by atoms with E-state index in [1.54, 1.807) is 17.6 Å². The van der Waals surface area contributed by atoms with Gasteiger partial charge in [0, 0.05) is 12.1 Å². The third kappa shape index (κ3) is 4.09. The van der Waals surface area contributed by atoms with E-state index < -0.39 is 0 Å². The van der Waals surface area contributed by atoms with Gasteiger partial charge in [-0.3, -0.25) is 0 Å². The summed E-state index contributed by atoms with van der Waals surface area (Å²) in [6.07, 6.45) is 2.48. The van der Waals surface area contributed by atoms with Crippen LogP contribution in [0.5, 0.6) is 0 Å². The summed E-state index contributed by atoms with van der Waals surface area (Å²) >= 11 is 7.06. The van der Waals surface area contributed by atoms with Crippen molar-refractivity contribution in [2.75, 3.05) is 5.32 Å². The van der Waals surface area contributed by atoms with Crippen LogP contribution in [-0.4, -0.2) is 10.1 Å².